The van der Waals surface area contributed by atoms with Crippen LogP contribution in [0, 0.1) is 11.8 Å². The van der Waals surface area contributed by atoms with Gasteiger partial charge in [-0.3, -0.25) is 0 Å². The van der Waals surface area contributed by atoms with Crippen LogP contribution >= 0.6 is 0 Å². The van der Waals surface area contributed by atoms with Crippen LogP contribution in [0.1, 0.15) is 5.56 Å². The third-order valence-corrected chi connectivity index (χ3v) is 1.74. The van der Waals surface area contributed by atoms with Crippen molar-refractivity contribution >= 4 is 5.69 Å². The summed E-state index contributed by atoms with van der Waals surface area (Å²) in [5, 5.41) is 2.81. The van der Waals surface area contributed by atoms with E-state index in [-0.39, 0.29) is 11.4 Å². The minimum atomic E-state index is -4.72. The highest BCUT2D eigenvalue weighted by molar-refractivity contribution is 5.58. The lowest BCUT2D eigenvalue weighted by atomic mass is 10.2. The van der Waals surface area contributed by atoms with Crippen molar-refractivity contribution in [3.8, 4) is 17.6 Å². The van der Waals surface area contributed by atoms with Crippen molar-refractivity contribution in [3.05, 3.63) is 23.8 Å². The van der Waals surface area contributed by atoms with Gasteiger partial charge in [0.25, 0.3) is 0 Å². The Bertz CT molecular complexity index is 446. The highest BCUT2D eigenvalue weighted by atomic mass is 19.4. The molecule has 0 heterocycles. The van der Waals surface area contributed by atoms with E-state index < -0.39 is 6.36 Å². The molecule has 17 heavy (non-hydrogen) atoms. The van der Waals surface area contributed by atoms with Crippen molar-refractivity contribution < 1.29 is 17.9 Å². The van der Waals surface area contributed by atoms with Crippen LogP contribution in [0.25, 0.3) is 0 Å². The van der Waals surface area contributed by atoms with Crippen molar-refractivity contribution in [2.75, 3.05) is 19.3 Å². The molecular weight excluding hydrogens is 233 g/mol. The second-order valence-electron chi connectivity index (χ2n) is 3.13. The van der Waals surface area contributed by atoms with Gasteiger partial charge in [-0.1, -0.05) is 11.8 Å². The molecule has 3 N–H and O–H groups in total. The Morgan fingerprint density at radius 3 is 2.65 bits per heavy atom. The molecule has 0 aliphatic carbocycles. The molecule has 0 bridgehead atoms. The van der Waals surface area contributed by atoms with Gasteiger partial charge in [0.1, 0.15) is 5.75 Å². The highest BCUT2D eigenvalue weighted by Crippen LogP contribution is 2.25. The van der Waals surface area contributed by atoms with Gasteiger partial charge >= 0.3 is 6.36 Å². The van der Waals surface area contributed by atoms with E-state index in [9.17, 15) is 13.2 Å². The molecule has 0 spiro atoms. The molecule has 3 nitrogen and oxygen atoms in total. The third-order valence-electron chi connectivity index (χ3n) is 1.74. The Kier molecular flexibility index (Phi) is 4.24. The summed E-state index contributed by atoms with van der Waals surface area (Å²) in [6.45, 7) is 0.472. The second-order valence-corrected chi connectivity index (χ2v) is 3.13. The molecule has 0 atom stereocenters. The summed E-state index contributed by atoms with van der Waals surface area (Å²) in [6.07, 6.45) is -4.72. The Labute approximate surface area is 96.8 Å². The van der Waals surface area contributed by atoms with Crippen LogP contribution in [0.4, 0.5) is 18.9 Å². The molecule has 6 heteroatoms. The second kappa shape index (κ2) is 5.46. The molecule has 1 rings (SSSR count). The average Bonchev–Trinajstić information content (AvgIpc) is 2.19. The summed E-state index contributed by atoms with van der Waals surface area (Å²) in [7, 11) is 1.73. The lowest BCUT2D eigenvalue weighted by molar-refractivity contribution is -0.274. The molecular formula is C11H11F3N2O. The maximum Gasteiger partial charge on any atom is 0.573 e. The topological polar surface area (TPSA) is 47.3 Å². The average molecular weight is 244 g/mol. The van der Waals surface area contributed by atoms with Gasteiger partial charge in [-0.05, 0) is 19.2 Å². The zero-order valence-electron chi connectivity index (χ0n) is 9.06. The van der Waals surface area contributed by atoms with Crippen LogP contribution in [0.15, 0.2) is 18.2 Å². The molecule has 0 saturated heterocycles. The Balaban J connectivity index is 2.84. The fraction of sp³-hybridized carbons (Fsp3) is 0.273. The van der Waals surface area contributed by atoms with Crippen molar-refractivity contribution in [1.29, 1.82) is 0 Å². The van der Waals surface area contributed by atoms with E-state index in [0.29, 0.717) is 12.1 Å². The molecule has 0 aromatic heterocycles. The van der Waals surface area contributed by atoms with E-state index in [2.05, 4.69) is 21.9 Å². The molecule has 0 unspecified atom stereocenters. The van der Waals surface area contributed by atoms with E-state index in [4.69, 9.17) is 5.73 Å². The number of rotatable bonds is 2. The maximum absolute atomic E-state index is 11.9. The monoisotopic (exact) mass is 244 g/mol. The largest absolute Gasteiger partial charge is 0.573 e. The van der Waals surface area contributed by atoms with E-state index in [0.717, 1.165) is 6.07 Å². The Hall–Kier alpha value is -1.87. The number of hydrogen-bond acceptors (Lipinski definition) is 3. The van der Waals surface area contributed by atoms with E-state index in [1.165, 1.54) is 12.1 Å². The first-order valence-electron chi connectivity index (χ1n) is 4.71. The van der Waals surface area contributed by atoms with E-state index in [1.807, 2.05) is 0 Å². The first kappa shape index (κ1) is 13.2. The predicted molar refractivity (Wildman–Crippen MR) is 58.3 cm³/mol. The minimum Gasteiger partial charge on any atom is -0.406 e. The van der Waals surface area contributed by atoms with Crippen molar-refractivity contribution in [1.82, 2.24) is 5.32 Å². The lowest BCUT2D eigenvalue weighted by Gasteiger charge is -2.09. The number of alkyl halides is 3. The van der Waals surface area contributed by atoms with Gasteiger partial charge < -0.3 is 15.8 Å². The standard InChI is InChI=1S/C11H11F3N2O/c1-16-6-2-3-8-4-5-9(7-10(8)15)17-11(12,13)14/h4-5,7,16H,6,15H2,1H3. The van der Waals surface area contributed by atoms with Crippen LogP contribution in [0.2, 0.25) is 0 Å². The van der Waals surface area contributed by atoms with Gasteiger partial charge in [0, 0.05) is 11.6 Å². The fourth-order valence-electron chi connectivity index (χ4n) is 1.08. The quantitative estimate of drug-likeness (QED) is 0.615. The number of halogens is 3. The number of anilines is 1. The van der Waals surface area contributed by atoms with Gasteiger partial charge in [0.05, 0.1) is 12.2 Å². The number of nitrogens with one attached hydrogen (secondary N) is 1. The van der Waals surface area contributed by atoms with Gasteiger partial charge in [0.15, 0.2) is 0 Å². The molecule has 0 aliphatic heterocycles. The van der Waals surface area contributed by atoms with Crippen LogP contribution in [-0.4, -0.2) is 20.0 Å². The van der Waals surface area contributed by atoms with Gasteiger partial charge in [-0.15, -0.1) is 13.2 Å². The van der Waals surface area contributed by atoms with Crippen molar-refractivity contribution in [2.45, 2.75) is 6.36 Å². The number of ether oxygens (including phenoxy) is 1. The van der Waals surface area contributed by atoms with Gasteiger partial charge in [-0.25, -0.2) is 0 Å². The Morgan fingerprint density at radius 1 is 1.41 bits per heavy atom. The predicted octanol–water partition coefficient (Wildman–Crippen LogP) is 1.74. The summed E-state index contributed by atoms with van der Waals surface area (Å²) in [5.74, 6) is 5.13. The fourth-order valence-corrected chi connectivity index (χ4v) is 1.08. The zero-order chi connectivity index (χ0) is 12.9. The SMILES string of the molecule is CNCC#Cc1ccc(OC(F)(F)F)cc1N. The molecule has 0 radical (unpaired) electrons. The van der Waals surface area contributed by atoms with Crippen LogP contribution in [-0.2, 0) is 0 Å². The summed E-state index contributed by atoms with van der Waals surface area (Å²) >= 11 is 0. The summed E-state index contributed by atoms with van der Waals surface area (Å²) in [4.78, 5) is 0. The van der Waals surface area contributed by atoms with Gasteiger partial charge in [0.2, 0.25) is 0 Å². The van der Waals surface area contributed by atoms with E-state index >= 15 is 0 Å². The zero-order valence-corrected chi connectivity index (χ0v) is 9.06. The smallest absolute Gasteiger partial charge is 0.406 e. The summed E-state index contributed by atoms with van der Waals surface area (Å²) < 4.78 is 39.5. The molecule has 0 saturated carbocycles. The normalized spacial score (nSPS) is 10.6. The third kappa shape index (κ3) is 4.66. The van der Waals surface area contributed by atoms with Crippen LogP contribution in [0.5, 0.6) is 5.75 Å². The number of hydrogen-bond donors (Lipinski definition) is 2. The summed E-state index contributed by atoms with van der Waals surface area (Å²) in [5.41, 5.74) is 6.17. The molecule has 1 aromatic rings. The number of benzene rings is 1. The lowest BCUT2D eigenvalue weighted by Crippen LogP contribution is -2.17. The van der Waals surface area contributed by atoms with Crippen LogP contribution in [0.3, 0.4) is 0 Å². The molecule has 92 valence electrons. The highest BCUT2D eigenvalue weighted by Gasteiger charge is 2.31. The molecule has 0 fully saturated rings. The van der Waals surface area contributed by atoms with Crippen molar-refractivity contribution in [2.24, 2.45) is 0 Å². The minimum absolute atomic E-state index is 0.148. The molecule has 0 aliphatic rings. The number of nitrogen functional groups attached to an aromatic ring is 1. The van der Waals surface area contributed by atoms with E-state index in [1.54, 1.807) is 7.05 Å². The first-order chi connectivity index (χ1) is 7.92. The first-order valence-corrected chi connectivity index (χ1v) is 4.71. The molecule has 0 amide bonds. The van der Waals surface area contributed by atoms with Crippen LogP contribution < -0.4 is 15.8 Å². The van der Waals surface area contributed by atoms with Crippen molar-refractivity contribution in [3.63, 3.8) is 0 Å². The summed E-state index contributed by atoms with van der Waals surface area (Å²) in [6, 6.07) is 3.66. The van der Waals surface area contributed by atoms with Gasteiger partial charge in [-0.2, -0.15) is 0 Å². The molecule has 1 aromatic carbocycles. The number of nitrogens with two attached hydrogens (primary N) is 1. The maximum atomic E-state index is 11.9. The Morgan fingerprint density at radius 2 is 2.12 bits per heavy atom.